The largest absolute Gasteiger partial charge is 1.00 e. The van der Waals surface area contributed by atoms with Crippen LogP contribution in [0, 0.1) is 0 Å². The predicted octanol–water partition coefficient (Wildman–Crippen LogP) is 1.09. The number of fused-ring (bicyclic) bond motifs is 1. The molecule has 1 aromatic carbocycles. The Morgan fingerprint density at radius 1 is 1.00 bits per heavy atom. The Morgan fingerprint density at radius 3 is 2.44 bits per heavy atom. The summed E-state index contributed by atoms with van der Waals surface area (Å²) in [6.45, 7) is 6.11. The smallest absolute Gasteiger partial charge is 0.222 e. The summed E-state index contributed by atoms with van der Waals surface area (Å²) in [6, 6.07) is 16.8. The molecule has 0 fully saturated rings. The predicted molar refractivity (Wildman–Crippen MR) is 108 cm³/mol. The monoisotopic (exact) mass is 475 g/mol. The van der Waals surface area contributed by atoms with E-state index in [-0.39, 0.29) is 24.0 Å². The van der Waals surface area contributed by atoms with Crippen LogP contribution in [0.25, 0.3) is 23.1 Å². The molecule has 0 N–H and O–H groups in total. The second-order valence-electron chi connectivity index (χ2n) is 6.15. The molecule has 3 aromatic rings. The lowest BCUT2D eigenvalue weighted by Gasteiger charge is -2.20. The van der Waals surface area contributed by atoms with Gasteiger partial charge >= 0.3 is 0 Å². The van der Waals surface area contributed by atoms with Gasteiger partial charge in [-0.05, 0) is 44.2 Å². The summed E-state index contributed by atoms with van der Waals surface area (Å²) in [7, 11) is 3.75. The molecule has 4 nitrogen and oxygen atoms in total. The van der Waals surface area contributed by atoms with Gasteiger partial charge in [0.25, 0.3) is 0 Å². The van der Waals surface area contributed by atoms with Crippen molar-refractivity contribution in [1.82, 2.24) is 4.98 Å². The van der Waals surface area contributed by atoms with E-state index in [0.717, 1.165) is 30.2 Å². The molecule has 0 aliphatic heterocycles. The van der Waals surface area contributed by atoms with Gasteiger partial charge in [0.05, 0.1) is 7.11 Å². The summed E-state index contributed by atoms with van der Waals surface area (Å²) >= 11 is 0. The summed E-state index contributed by atoms with van der Waals surface area (Å²) in [5.41, 5.74) is 3.30. The summed E-state index contributed by atoms with van der Waals surface area (Å²) in [5, 5.41) is 1.23. The maximum Gasteiger partial charge on any atom is 0.222 e. The van der Waals surface area contributed by atoms with Crippen LogP contribution in [-0.2, 0) is 7.05 Å². The summed E-state index contributed by atoms with van der Waals surface area (Å²) in [5.74, 6) is 1.59. The van der Waals surface area contributed by atoms with E-state index in [2.05, 4.69) is 96.0 Å². The zero-order valence-corrected chi connectivity index (χ0v) is 18.5. The fourth-order valence-corrected chi connectivity index (χ4v) is 3.16. The Kier molecular flexibility index (Phi) is 7.59. The lowest BCUT2D eigenvalue weighted by Crippen LogP contribution is -3.00. The second kappa shape index (κ2) is 9.69. The molecule has 0 saturated heterocycles. The minimum Gasteiger partial charge on any atom is -1.00 e. The van der Waals surface area contributed by atoms with Gasteiger partial charge in [-0.1, -0.05) is 12.1 Å². The van der Waals surface area contributed by atoms with Gasteiger partial charge in [0.15, 0.2) is 0 Å². The fraction of sp³-hybridized carbons (Fsp3) is 0.273. The number of benzene rings is 1. The van der Waals surface area contributed by atoms with Gasteiger partial charge in [-0.15, -0.1) is 0 Å². The van der Waals surface area contributed by atoms with Crippen molar-refractivity contribution in [1.29, 1.82) is 0 Å². The van der Waals surface area contributed by atoms with Crippen LogP contribution in [0.5, 0.6) is 5.88 Å². The molecule has 2 aromatic heterocycles. The van der Waals surface area contributed by atoms with Crippen molar-refractivity contribution < 1.29 is 33.3 Å². The first-order chi connectivity index (χ1) is 12.7. The lowest BCUT2D eigenvalue weighted by atomic mass is 10.1. The van der Waals surface area contributed by atoms with Crippen LogP contribution >= 0.6 is 0 Å². The highest BCUT2D eigenvalue weighted by Crippen LogP contribution is 2.23. The average molecular weight is 475 g/mol. The molecule has 3 rings (SSSR count). The SMILES string of the molecule is CCN(CC)c1ccc(/C=C/c2ccc3ccccc3[n+]2C)c(OC)n1.[I-]. The molecule has 0 radical (unpaired) electrons. The molecular formula is C22H26IN3O. The number of rotatable bonds is 6. The molecule has 5 heteroatoms. The molecule has 0 saturated carbocycles. The molecule has 27 heavy (non-hydrogen) atoms. The zero-order valence-electron chi connectivity index (χ0n) is 16.3. The van der Waals surface area contributed by atoms with Crippen LogP contribution in [-0.4, -0.2) is 25.2 Å². The number of pyridine rings is 2. The number of methoxy groups -OCH3 is 1. The molecule has 0 aliphatic carbocycles. The zero-order chi connectivity index (χ0) is 18.5. The van der Waals surface area contributed by atoms with Crippen molar-refractivity contribution >= 4 is 28.9 Å². The van der Waals surface area contributed by atoms with Crippen molar-refractivity contribution in [2.24, 2.45) is 7.05 Å². The summed E-state index contributed by atoms with van der Waals surface area (Å²) in [6.07, 6.45) is 4.16. The van der Waals surface area contributed by atoms with Gasteiger partial charge in [0.1, 0.15) is 12.9 Å². The number of anilines is 1. The van der Waals surface area contributed by atoms with Crippen LogP contribution in [0.4, 0.5) is 5.82 Å². The quantitative estimate of drug-likeness (QED) is 0.395. The molecule has 0 amide bonds. The van der Waals surface area contributed by atoms with E-state index in [0.29, 0.717) is 5.88 Å². The van der Waals surface area contributed by atoms with E-state index in [9.17, 15) is 0 Å². The Balaban J connectivity index is 0.00000261. The Morgan fingerprint density at radius 2 is 1.74 bits per heavy atom. The molecule has 0 spiro atoms. The van der Waals surface area contributed by atoms with E-state index in [4.69, 9.17) is 4.74 Å². The van der Waals surface area contributed by atoms with E-state index >= 15 is 0 Å². The normalized spacial score (nSPS) is 10.8. The van der Waals surface area contributed by atoms with Crippen molar-refractivity contribution in [3.8, 4) is 5.88 Å². The fourth-order valence-electron chi connectivity index (χ4n) is 3.16. The molecule has 0 bridgehead atoms. The molecule has 2 heterocycles. The molecule has 0 aliphatic rings. The van der Waals surface area contributed by atoms with E-state index in [1.54, 1.807) is 7.11 Å². The molecule has 0 unspecified atom stereocenters. The number of halogens is 1. The highest BCUT2D eigenvalue weighted by Gasteiger charge is 2.11. The van der Waals surface area contributed by atoms with Crippen molar-refractivity contribution in [2.75, 3.05) is 25.1 Å². The number of aromatic nitrogens is 2. The van der Waals surface area contributed by atoms with Crippen LogP contribution in [0.15, 0.2) is 48.5 Å². The van der Waals surface area contributed by atoms with E-state index < -0.39 is 0 Å². The third-order valence-corrected chi connectivity index (χ3v) is 4.71. The van der Waals surface area contributed by atoms with Crippen molar-refractivity contribution in [3.05, 3.63) is 59.8 Å². The Bertz CT molecular complexity index is 936. The first kappa shape index (κ1) is 21.2. The van der Waals surface area contributed by atoms with Crippen LogP contribution in [0.1, 0.15) is 25.1 Å². The summed E-state index contributed by atoms with van der Waals surface area (Å²) in [4.78, 5) is 6.87. The third-order valence-electron chi connectivity index (χ3n) is 4.71. The Labute approximate surface area is 178 Å². The molecular weight excluding hydrogens is 449 g/mol. The number of ether oxygens (including phenoxy) is 1. The average Bonchev–Trinajstić information content (AvgIpc) is 2.69. The number of nitrogens with zero attached hydrogens (tertiary/aromatic N) is 3. The number of aryl methyl sites for hydroxylation is 1. The van der Waals surface area contributed by atoms with Gasteiger partial charge in [0, 0.05) is 42.2 Å². The maximum absolute atomic E-state index is 5.52. The van der Waals surface area contributed by atoms with E-state index in [1.165, 1.54) is 10.9 Å². The van der Waals surface area contributed by atoms with Crippen LogP contribution in [0.3, 0.4) is 0 Å². The van der Waals surface area contributed by atoms with Gasteiger partial charge in [-0.3, -0.25) is 0 Å². The van der Waals surface area contributed by atoms with Crippen LogP contribution < -0.4 is 38.2 Å². The number of hydrogen-bond acceptors (Lipinski definition) is 3. The van der Waals surface area contributed by atoms with E-state index in [1.807, 2.05) is 0 Å². The highest BCUT2D eigenvalue weighted by molar-refractivity contribution is 5.77. The molecule has 142 valence electrons. The maximum atomic E-state index is 5.52. The topological polar surface area (TPSA) is 29.2 Å². The van der Waals surface area contributed by atoms with Gasteiger partial charge in [-0.25, -0.2) is 0 Å². The first-order valence-electron chi connectivity index (χ1n) is 9.03. The van der Waals surface area contributed by atoms with Crippen molar-refractivity contribution in [3.63, 3.8) is 0 Å². The van der Waals surface area contributed by atoms with Gasteiger partial charge in [0.2, 0.25) is 17.1 Å². The number of hydrogen-bond donors (Lipinski definition) is 0. The summed E-state index contributed by atoms with van der Waals surface area (Å²) < 4.78 is 7.71. The van der Waals surface area contributed by atoms with Gasteiger partial charge < -0.3 is 33.6 Å². The molecule has 0 atom stereocenters. The standard InChI is InChI=1S/C22H26N3O.HI/c1-5-25(6-2)21-16-13-18(22(23-21)26-4)12-15-19-14-11-17-9-7-8-10-20(17)24(19)3;/h7-16H,5-6H2,1-4H3;1H/q+1;/p-1. The minimum absolute atomic E-state index is 0. The van der Waals surface area contributed by atoms with Gasteiger partial charge in [-0.2, -0.15) is 9.55 Å². The highest BCUT2D eigenvalue weighted by atomic mass is 127. The van der Waals surface area contributed by atoms with Crippen molar-refractivity contribution in [2.45, 2.75) is 13.8 Å². The Hall–Kier alpha value is -2.15. The minimum atomic E-state index is 0. The number of para-hydroxylation sites is 1. The second-order valence-corrected chi connectivity index (χ2v) is 6.15. The lowest BCUT2D eigenvalue weighted by molar-refractivity contribution is -0.646. The first-order valence-corrected chi connectivity index (χ1v) is 9.03. The third kappa shape index (κ3) is 4.58. The van der Waals surface area contributed by atoms with Crippen LogP contribution in [0.2, 0.25) is 0 Å².